The summed E-state index contributed by atoms with van der Waals surface area (Å²) in [4.78, 5) is 11.1. The van der Waals surface area contributed by atoms with Crippen LogP contribution in [0.1, 0.15) is 42.6 Å². The number of phenols is 1. The highest BCUT2D eigenvalue weighted by Gasteiger charge is 2.08. The van der Waals surface area contributed by atoms with Crippen molar-refractivity contribution >= 4 is 5.78 Å². The lowest BCUT2D eigenvalue weighted by Gasteiger charge is -2.07. The van der Waals surface area contributed by atoms with Gasteiger partial charge in [0.1, 0.15) is 5.75 Å². The minimum absolute atomic E-state index is 0.0666. The molecule has 0 aliphatic carbocycles. The fourth-order valence-electron chi connectivity index (χ4n) is 1.19. The molecule has 0 saturated carbocycles. The monoisotopic (exact) mass is 178 g/mol. The van der Waals surface area contributed by atoms with Gasteiger partial charge in [0, 0.05) is 0 Å². The minimum Gasteiger partial charge on any atom is -0.507 e. The van der Waals surface area contributed by atoms with Gasteiger partial charge in [0.05, 0.1) is 5.56 Å². The van der Waals surface area contributed by atoms with E-state index in [-0.39, 0.29) is 11.5 Å². The third kappa shape index (κ3) is 2.08. The summed E-state index contributed by atoms with van der Waals surface area (Å²) in [6.45, 7) is 5.56. The standard InChI is InChI=1S/C11H14O2/c1-7(2)9-4-5-11(13)10(6-9)8(3)12/h4-7,13H,1-3H3. The van der Waals surface area contributed by atoms with Crippen LogP contribution < -0.4 is 0 Å². The zero-order valence-corrected chi connectivity index (χ0v) is 8.16. The van der Waals surface area contributed by atoms with Gasteiger partial charge in [-0.1, -0.05) is 19.9 Å². The Morgan fingerprint density at radius 2 is 2.00 bits per heavy atom. The molecule has 0 spiro atoms. The lowest BCUT2D eigenvalue weighted by molar-refractivity contribution is 0.101. The number of Topliss-reactive ketones (excluding diaryl/α,β-unsaturated/α-hetero) is 1. The number of benzene rings is 1. The molecule has 0 fully saturated rings. The number of hydrogen-bond donors (Lipinski definition) is 1. The molecule has 0 unspecified atom stereocenters. The molecule has 1 aromatic rings. The summed E-state index contributed by atoms with van der Waals surface area (Å²) in [5.74, 6) is 0.343. The molecule has 0 heterocycles. The van der Waals surface area contributed by atoms with Gasteiger partial charge >= 0.3 is 0 Å². The highest BCUT2D eigenvalue weighted by molar-refractivity contribution is 5.96. The predicted octanol–water partition coefficient (Wildman–Crippen LogP) is 2.72. The third-order valence-electron chi connectivity index (χ3n) is 2.07. The SMILES string of the molecule is CC(=O)c1cc(C(C)C)ccc1O. The fourth-order valence-corrected chi connectivity index (χ4v) is 1.19. The fraction of sp³-hybridized carbons (Fsp3) is 0.364. The maximum absolute atomic E-state index is 11.1. The average Bonchev–Trinajstić information content (AvgIpc) is 2.04. The Kier molecular flexibility index (Phi) is 2.71. The first kappa shape index (κ1) is 9.78. The number of aromatic hydroxyl groups is 1. The highest BCUT2D eigenvalue weighted by atomic mass is 16.3. The van der Waals surface area contributed by atoms with Gasteiger partial charge in [0.15, 0.2) is 5.78 Å². The number of carbonyl (C=O) groups is 1. The molecule has 1 aromatic carbocycles. The van der Waals surface area contributed by atoms with Crippen LogP contribution in [0.4, 0.5) is 0 Å². The summed E-state index contributed by atoms with van der Waals surface area (Å²) in [6, 6.07) is 5.17. The second-order valence-corrected chi connectivity index (χ2v) is 3.49. The van der Waals surface area contributed by atoms with Gasteiger partial charge in [0.25, 0.3) is 0 Å². The van der Waals surface area contributed by atoms with Crippen molar-refractivity contribution < 1.29 is 9.90 Å². The largest absolute Gasteiger partial charge is 0.507 e. The van der Waals surface area contributed by atoms with Gasteiger partial charge in [0.2, 0.25) is 0 Å². The van der Waals surface area contributed by atoms with Crippen LogP contribution in [0.2, 0.25) is 0 Å². The van der Waals surface area contributed by atoms with Gasteiger partial charge in [-0.3, -0.25) is 4.79 Å². The third-order valence-corrected chi connectivity index (χ3v) is 2.07. The van der Waals surface area contributed by atoms with E-state index in [0.29, 0.717) is 11.5 Å². The Bertz CT molecular complexity index is 327. The van der Waals surface area contributed by atoms with Crippen LogP contribution in [0, 0.1) is 0 Å². The molecule has 0 amide bonds. The molecule has 1 rings (SSSR count). The smallest absolute Gasteiger partial charge is 0.163 e. The molecule has 0 saturated heterocycles. The molecule has 0 atom stereocenters. The molecular weight excluding hydrogens is 164 g/mol. The van der Waals surface area contributed by atoms with Crippen LogP contribution in [-0.4, -0.2) is 10.9 Å². The van der Waals surface area contributed by atoms with E-state index in [1.165, 1.54) is 6.92 Å². The van der Waals surface area contributed by atoms with E-state index in [4.69, 9.17) is 0 Å². The van der Waals surface area contributed by atoms with Crippen LogP contribution in [0.15, 0.2) is 18.2 Å². The number of rotatable bonds is 2. The van der Waals surface area contributed by atoms with Crippen molar-refractivity contribution in [3.05, 3.63) is 29.3 Å². The maximum atomic E-state index is 11.1. The van der Waals surface area contributed by atoms with E-state index in [1.807, 2.05) is 6.07 Å². The molecule has 2 nitrogen and oxygen atoms in total. The topological polar surface area (TPSA) is 37.3 Å². The molecule has 2 heteroatoms. The van der Waals surface area contributed by atoms with E-state index in [9.17, 15) is 9.90 Å². The molecule has 0 radical (unpaired) electrons. The molecule has 0 aliphatic heterocycles. The molecule has 0 aliphatic rings. The molecule has 70 valence electrons. The van der Waals surface area contributed by atoms with Gasteiger partial charge in [-0.2, -0.15) is 0 Å². The van der Waals surface area contributed by atoms with Crippen LogP contribution in [-0.2, 0) is 0 Å². The summed E-state index contributed by atoms with van der Waals surface area (Å²) in [5, 5.41) is 9.37. The summed E-state index contributed by atoms with van der Waals surface area (Å²) < 4.78 is 0. The molecule has 0 bridgehead atoms. The summed E-state index contributed by atoms with van der Waals surface area (Å²) in [6.07, 6.45) is 0. The Morgan fingerprint density at radius 1 is 1.38 bits per heavy atom. The Labute approximate surface area is 78.2 Å². The number of hydrogen-bond acceptors (Lipinski definition) is 2. The van der Waals surface area contributed by atoms with Gasteiger partial charge in [-0.05, 0) is 30.5 Å². The summed E-state index contributed by atoms with van der Waals surface area (Å²) >= 11 is 0. The minimum atomic E-state index is -0.0972. The van der Waals surface area contributed by atoms with Crippen molar-refractivity contribution in [2.45, 2.75) is 26.7 Å². The first-order valence-corrected chi connectivity index (χ1v) is 4.36. The zero-order chi connectivity index (χ0) is 10.0. The molecular formula is C11H14O2. The summed E-state index contributed by atoms with van der Waals surface area (Å²) in [5.41, 5.74) is 1.48. The van der Waals surface area contributed by atoms with Crippen LogP contribution >= 0.6 is 0 Å². The molecule has 0 aromatic heterocycles. The second kappa shape index (κ2) is 3.60. The van der Waals surface area contributed by atoms with E-state index in [1.54, 1.807) is 12.1 Å². The van der Waals surface area contributed by atoms with Crippen molar-refractivity contribution in [1.82, 2.24) is 0 Å². The summed E-state index contributed by atoms with van der Waals surface area (Å²) in [7, 11) is 0. The number of ketones is 1. The van der Waals surface area contributed by atoms with Crippen molar-refractivity contribution in [3.63, 3.8) is 0 Å². The quantitative estimate of drug-likeness (QED) is 0.707. The van der Waals surface area contributed by atoms with E-state index in [2.05, 4.69) is 13.8 Å². The molecule has 13 heavy (non-hydrogen) atoms. The number of carbonyl (C=O) groups excluding carboxylic acids is 1. The Morgan fingerprint density at radius 3 is 2.46 bits per heavy atom. The Balaban J connectivity index is 3.19. The van der Waals surface area contributed by atoms with Crippen molar-refractivity contribution in [2.24, 2.45) is 0 Å². The lowest BCUT2D eigenvalue weighted by Crippen LogP contribution is -1.96. The van der Waals surface area contributed by atoms with E-state index in [0.717, 1.165) is 5.56 Å². The first-order chi connectivity index (χ1) is 6.02. The van der Waals surface area contributed by atoms with Gasteiger partial charge in [-0.15, -0.1) is 0 Å². The number of phenolic OH excluding ortho intramolecular Hbond substituents is 1. The lowest BCUT2D eigenvalue weighted by atomic mass is 9.99. The molecule has 1 N–H and O–H groups in total. The van der Waals surface area contributed by atoms with Crippen LogP contribution in [0.3, 0.4) is 0 Å². The average molecular weight is 178 g/mol. The van der Waals surface area contributed by atoms with E-state index < -0.39 is 0 Å². The predicted molar refractivity (Wildman–Crippen MR) is 52.2 cm³/mol. The van der Waals surface area contributed by atoms with Crippen molar-refractivity contribution in [3.8, 4) is 5.75 Å². The van der Waals surface area contributed by atoms with Crippen molar-refractivity contribution in [2.75, 3.05) is 0 Å². The van der Waals surface area contributed by atoms with Crippen molar-refractivity contribution in [1.29, 1.82) is 0 Å². The van der Waals surface area contributed by atoms with Gasteiger partial charge < -0.3 is 5.11 Å². The maximum Gasteiger partial charge on any atom is 0.163 e. The Hall–Kier alpha value is -1.31. The van der Waals surface area contributed by atoms with Crippen LogP contribution in [0.25, 0.3) is 0 Å². The highest BCUT2D eigenvalue weighted by Crippen LogP contribution is 2.23. The van der Waals surface area contributed by atoms with Crippen LogP contribution in [0.5, 0.6) is 5.75 Å². The zero-order valence-electron chi connectivity index (χ0n) is 8.16. The van der Waals surface area contributed by atoms with Gasteiger partial charge in [-0.25, -0.2) is 0 Å². The normalized spacial score (nSPS) is 10.5. The first-order valence-electron chi connectivity index (χ1n) is 4.36. The van der Waals surface area contributed by atoms with E-state index >= 15 is 0 Å². The second-order valence-electron chi connectivity index (χ2n) is 3.49.